The van der Waals surface area contributed by atoms with Crippen LogP contribution in [0.5, 0.6) is 5.75 Å². The largest absolute Gasteiger partial charge is 0.508 e. The first-order chi connectivity index (χ1) is 12.7. The number of para-hydroxylation sites is 1. The molecule has 0 saturated heterocycles. The second-order valence-corrected chi connectivity index (χ2v) is 7.10. The molecule has 0 unspecified atom stereocenters. The molecule has 0 aliphatic rings. The van der Waals surface area contributed by atoms with Crippen molar-refractivity contribution in [3.63, 3.8) is 0 Å². The van der Waals surface area contributed by atoms with Gasteiger partial charge in [0, 0.05) is 12.2 Å². The van der Waals surface area contributed by atoms with E-state index in [0.717, 1.165) is 34.7 Å². The summed E-state index contributed by atoms with van der Waals surface area (Å²) in [5.74, 6) is 1.23. The number of anilines is 2. The summed E-state index contributed by atoms with van der Waals surface area (Å²) in [5, 5.41) is 11.5. The molecule has 4 rings (SSSR count). The first kappa shape index (κ1) is 16.5. The van der Waals surface area contributed by atoms with Crippen molar-refractivity contribution in [2.24, 2.45) is 0 Å². The summed E-state index contributed by atoms with van der Waals surface area (Å²) in [6.45, 7) is 2.91. The van der Waals surface area contributed by atoms with E-state index in [0.29, 0.717) is 5.75 Å². The fraction of sp³-hybridized carbons (Fsp3) is 0.143. The molecule has 26 heavy (non-hydrogen) atoms. The van der Waals surface area contributed by atoms with Crippen LogP contribution in [0.4, 0.5) is 11.5 Å². The molecule has 0 spiro atoms. The van der Waals surface area contributed by atoms with Gasteiger partial charge < -0.3 is 10.0 Å². The summed E-state index contributed by atoms with van der Waals surface area (Å²) in [4.78, 5) is 11.2. The molecule has 0 aliphatic carbocycles. The van der Waals surface area contributed by atoms with Gasteiger partial charge in [-0.2, -0.15) is 0 Å². The Labute approximate surface area is 156 Å². The van der Waals surface area contributed by atoms with Crippen LogP contribution in [0, 0.1) is 6.92 Å². The van der Waals surface area contributed by atoms with E-state index in [-0.39, 0.29) is 0 Å². The van der Waals surface area contributed by atoms with Crippen LogP contribution in [0.25, 0.3) is 10.2 Å². The van der Waals surface area contributed by atoms with E-state index < -0.39 is 0 Å². The normalized spacial score (nSPS) is 11.0. The lowest BCUT2D eigenvalue weighted by atomic mass is 10.1. The smallest absolute Gasteiger partial charge is 0.154 e. The van der Waals surface area contributed by atoms with Gasteiger partial charge in [0.15, 0.2) is 5.82 Å². The van der Waals surface area contributed by atoms with E-state index in [1.807, 2.05) is 18.2 Å². The lowest BCUT2D eigenvalue weighted by molar-refractivity contribution is 0.475. The standard InChI is InChI=1S/C21H19N3OS/c1-15-4-2-3-5-19(15)24(12-10-16-6-8-17(25)9-7-16)21-20-18(11-13-26-20)22-14-23-21/h2-9,11,13-14,25H,10,12H2,1H3. The third kappa shape index (κ3) is 3.26. The molecule has 0 aliphatic heterocycles. The zero-order chi connectivity index (χ0) is 17.9. The van der Waals surface area contributed by atoms with Gasteiger partial charge in [-0.25, -0.2) is 9.97 Å². The molecular formula is C21H19N3OS. The fourth-order valence-corrected chi connectivity index (χ4v) is 3.92. The zero-order valence-corrected chi connectivity index (χ0v) is 15.3. The van der Waals surface area contributed by atoms with Gasteiger partial charge >= 0.3 is 0 Å². The van der Waals surface area contributed by atoms with Crippen molar-refractivity contribution >= 4 is 33.1 Å². The molecule has 2 aromatic carbocycles. The Hall–Kier alpha value is -2.92. The van der Waals surface area contributed by atoms with Gasteiger partial charge in [-0.1, -0.05) is 30.3 Å². The molecule has 0 bridgehead atoms. The molecule has 4 aromatic rings. The lowest BCUT2D eigenvalue weighted by Gasteiger charge is -2.26. The van der Waals surface area contributed by atoms with Crippen LogP contribution in [-0.4, -0.2) is 21.6 Å². The van der Waals surface area contributed by atoms with Crippen LogP contribution in [-0.2, 0) is 6.42 Å². The minimum absolute atomic E-state index is 0.292. The number of aryl methyl sites for hydroxylation is 1. The van der Waals surface area contributed by atoms with Crippen LogP contribution >= 0.6 is 11.3 Å². The molecular weight excluding hydrogens is 342 g/mol. The number of benzene rings is 2. The summed E-state index contributed by atoms with van der Waals surface area (Å²) in [5.41, 5.74) is 4.52. The average Bonchev–Trinajstić information content (AvgIpc) is 3.14. The topological polar surface area (TPSA) is 49.2 Å². The number of hydrogen-bond acceptors (Lipinski definition) is 5. The molecule has 0 radical (unpaired) electrons. The van der Waals surface area contributed by atoms with Crippen LogP contribution in [0.2, 0.25) is 0 Å². The number of fused-ring (bicyclic) bond motifs is 1. The SMILES string of the molecule is Cc1ccccc1N(CCc1ccc(O)cc1)c1ncnc2ccsc12. The Morgan fingerprint density at radius 2 is 1.81 bits per heavy atom. The highest BCUT2D eigenvalue weighted by Crippen LogP contribution is 2.34. The van der Waals surface area contributed by atoms with Crippen LogP contribution in [0.3, 0.4) is 0 Å². The predicted octanol–water partition coefficient (Wildman–Crippen LogP) is 5.09. The summed E-state index contributed by atoms with van der Waals surface area (Å²) >= 11 is 1.67. The van der Waals surface area contributed by atoms with Crippen molar-refractivity contribution in [1.29, 1.82) is 0 Å². The maximum atomic E-state index is 9.50. The third-order valence-electron chi connectivity index (χ3n) is 4.45. The van der Waals surface area contributed by atoms with E-state index in [4.69, 9.17) is 0 Å². The maximum absolute atomic E-state index is 9.50. The predicted molar refractivity (Wildman–Crippen MR) is 107 cm³/mol. The quantitative estimate of drug-likeness (QED) is 0.538. The number of phenolic OH excluding ortho intramolecular Hbond substituents is 1. The zero-order valence-electron chi connectivity index (χ0n) is 14.5. The van der Waals surface area contributed by atoms with Crippen molar-refractivity contribution in [3.8, 4) is 5.75 Å². The van der Waals surface area contributed by atoms with Crippen molar-refractivity contribution in [3.05, 3.63) is 77.4 Å². The molecule has 0 amide bonds. The number of rotatable bonds is 5. The maximum Gasteiger partial charge on any atom is 0.154 e. The number of aromatic nitrogens is 2. The Morgan fingerprint density at radius 1 is 1.00 bits per heavy atom. The van der Waals surface area contributed by atoms with Crippen molar-refractivity contribution in [2.45, 2.75) is 13.3 Å². The molecule has 5 heteroatoms. The van der Waals surface area contributed by atoms with Crippen LogP contribution in [0.15, 0.2) is 66.3 Å². The first-order valence-corrected chi connectivity index (χ1v) is 9.39. The summed E-state index contributed by atoms with van der Waals surface area (Å²) in [7, 11) is 0. The van der Waals surface area contributed by atoms with E-state index in [9.17, 15) is 5.11 Å². The van der Waals surface area contributed by atoms with Gasteiger partial charge in [-0.3, -0.25) is 0 Å². The van der Waals surface area contributed by atoms with Crippen molar-refractivity contribution in [1.82, 2.24) is 9.97 Å². The molecule has 0 atom stereocenters. The molecule has 1 N–H and O–H groups in total. The number of aromatic hydroxyl groups is 1. The number of thiophene rings is 1. The van der Waals surface area contributed by atoms with Gasteiger partial charge in [0.05, 0.1) is 10.2 Å². The minimum Gasteiger partial charge on any atom is -0.508 e. The molecule has 130 valence electrons. The number of nitrogens with zero attached hydrogens (tertiary/aromatic N) is 3. The van der Waals surface area contributed by atoms with E-state index in [2.05, 4.69) is 51.4 Å². The van der Waals surface area contributed by atoms with Gasteiger partial charge in [-0.15, -0.1) is 11.3 Å². The number of phenols is 1. The van der Waals surface area contributed by atoms with Gasteiger partial charge in [0.1, 0.15) is 12.1 Å². The Morgan fingerprint density at radius 3 is 2.62 bits per heavy atom. The van der Waals surface area contributed by atoms with E-state index in [1.165, 1.54) is 11.1 Å². The summed E-state index contributed by atoms with van der Waals surface area (Å²) < 4.78 is 1.10. The third-order valence-corrected chi connectivity index (χ3v) is 5.35. The van der Waals surface area contributed by atoms with Gasteiger partial charge in [-0.05, 0) is 54.1 Å². The minimum atomic E-state index is 0.292. The molecule has 0 saturated carbocycles. The van der Waals surface area contributed by atoms with Crippen LogP contribution in [0.1, 0.15) is 11.1 Å². The molecule has 2 heterocycles. The van der Waals surface area contributed by atoms with Crippen molar-refractivity contribution < 1.29 is 5.11 Å². The average molecular weight is 361 g/mol. The van der Waals surface area contributed by atoms with Crippen LogP contribution < -0.4 is 4.90 Å². The Kier molecular flexibility index (Phi) is 4.54. The fourth-order valence-electron chi connectivity index (χ4n) is 3.08. The molecule has 0 fully saturated rings. The lowest BCUT2D eigenvalue weighted by Crippen LogP contribution is -2.22. The molecule has 4 nitrogen and oxygen atoms in total. The Balaban J connectivity index is 1.73. The second kappa shape index (κ2) is 7.14. The van der Waals surface area contributed by atoms with Gasteiger partial charge in [0.25, 0.3) is 0 Å². The van der Waals surface area contributed by atoms with Gasteiger partial charge in [0.2, 0.25) is 0 Å². The first-order valence-electron chi connectivity index (χ1n) is 8.51. The highest BCUT2D eigenvalue weighted by molar-refractivity contribution is 7.17. The summed E-state index contributed by atoms with van der Waals surface area (Å²) in [6, 6.07) is 17.8. The second-order valence-electron chi connectivity index (χ2n) is 6.19. The van der Waals surface area contributed by atoms with Crippen molar-refractivity contribution in [2.75, 3.05) is 11.4 Å². The highest BCUT2D eigenvalue weighted by Gasteiger charge is 2.17. The highest BCUT2D eigenvalue weighted by atomic mass is 32.1. The van der Waals surface area contributed by atoms with E-state index >= 15 is 0 Å². The molecule has 2 aromatic heterocycles. The van der Waals surface area contributed by atoms with E-state index in [1.54, 1.807) is 29.8 Å². The summed E-state index contributed by atoms with van der Waals surface area (Å²) in [6.07, 6.45) is 2.49. The number of hydrogen-bond donors (Lipinski definition) is 1. The monoisotopic (exact) mass is 361 g/mol. The Bertz CT molecular complexity index is 1030.